The van der Waals surface area contributed by atoms with Crippen molar-refractivity contribution in [1.29, 1.82) is 0 Å². The van der Waals surface area contributed by atoms with Crippen LogP contribution in [-0.4, -0.2) is 74.9 Å². The Balaban J connectivity index is -0.000000648. The molecule has 0 heterocycles. The van der Waals surface area contributed by atoms with E-state index in [0.717, 1.165) is 0 Å². The van der Waals surface area contributed by atoms with E-state index < -0.39 is 82.1 Å². The van der Waals surface area contributed by atoms with Crippen LogP contribution in [0.1, 0.15) is 41.5 Å². The smallest absolute Gasteiger partial charge is 0.875 e. The maximum absolute atomic E-state index is 12.8. The first kappa shape index (κ1) is 41.8. The minimum absolute atomic E-state index is 0. The summed E-state index contributed by atoms with van der Waals surface area (Å²) in [5.74, 6) is -33.5. The van der Waals surface area contributed by atoms with Gasteiger partial charge in [-0.05, 0) is 23.0 Å². The normalized spacial score (nSPS) is 15.2. The van der Waals surface area contributed by atoms with Crippen LogP contribution >= 0.6 is 0 Å². The molecule has 0 aromatic heterocycles. The van der Waals surface area contributed by atoms with Crippen LogP contribution in [0.4, 0.5) is 61.5 Å². The van der Waals surface area contributed by atoms with Crippen molar-refractivity contribution in [3.63, 3.8) is 0 Å². The summed E-state index contributed by atoms with van der Waals surface area (Å²) in [6.45, 7) is 7.08. The van der Waals surface area contributed by atoms with Gasteiger partial charge in [-0.3, -0.25) is 9.59 Å². The van der Waals surface area contributed by atoms with Gasteiger partial charge in [0, 0.05) is 0 Å². The van der Waals surface area contributed by atoms with Crippen LogP contribution in [0.5, 0.6) is 0 Å². The van der Waals surface area contributed by atoms with Crippen LogP contribution in [0.15, 0.2) is 23.7 Å². The van der Waals surface area contributed by atoms with Gasteiger partial charge in [0.05, 0.1) is 0 Å². The zero-order valence-electron chi connectivity index (χ0n) is 20.6. The zero-order valence-corrected chi connectivity index (χ0v) is 24.5. The molecule has 19 heteroatoms. The molecule has 226 valence electrons. The summed E-state index contributed by atoms with van der Waals surface area (Å²) in [5.41, 5.74) is -2.72. The number of rotatable bonds is 6. The summed E-state index contributed by atoms with van der Waals surface area (Å²) >= 11 is 0. The Hall–Kier alpha value is -1.64. The van der Waals surface area contributed by atoms with Gasteiger partial charge in [-0.15, -0.1) is 11.5 Å². The third-order valence-corrected chi connectivity index (χ3v) is 4.12. The maximum atomic E-state index is 12.8. The predicted molar refractivity (Wildman–Crippen MR) is 103 cm³/mol. The van der Waals surface area contributed by atoms with E-state index in [0.29, 0.717) is 0 Å². The number of hydrogen-bond donors (Lipinski definition) is 0. The first-order valence-corrected chi connectivity index (χ1v) is 9.62. The van der Waals surface area contributed by atoms with E-state index >= 15 is 0 Å². The molecule has 0 saturated carbocycles. The first-order chi connectivity index (χ1) is 16.1. The fourth-order valence-corrected chi connectivity index (χ4v) is 1.52. The van der Waals surface area contributed by atoms with E-state index in [9.17, 15) is 81.3 Å². The molecule has 0 aliphatic carbocycles. The number of halogens is 14. The molecule has 0 saturated heterocycles. The molecule has 0 rings (SSSR count). The van der Waals surface area contributed by atoms with Gasteiger partial charge < -0.3 is 10.2 Å². The maximum Gasteiger partial charge on any atom is 2.00 e. The molecular formula is C20H20F14O4Pb. The average Bonchev–Trinajstić information content (AvgIpc) is 2.64. The molecule has 39 heavy (non-hydrogen) atoms. The van der Waals surface area contributed by atoms with Gasteiger partial charge in [0.1, 0.15) is 0 Å². The monoisotopic (exact) mass is 798 g/mol. The molecule has 4 nitrogen and oxygen atoms in total. The Morgan fingerprint density at radius 2 is 0.667 bits per heavy atom. The summed E-state index contributed by atoms with van der Waals surface area (Å²) < 4.78 is 172. The molecule has 0 aliphatic heterocycles. The van der Waals surface area contributed by atoms with Gasteiger partial charge in [0.15, 0.2) is 0 Å². The molecule has 0 spiro atoms. The molecular weight excluding hydrogens is 777 g/mol. The van der Waals surface area contributed by atoms with Crippen LogP contribution in [0, 0.1) is 10.8 Å². The summed E-state index contributed by atoms with van der Waals surface area (Å²) in [4.78, 5) is 21.6. The van der Waals surface area contributed by atoms with Gasteiger partial charge in [0.2, 0.25) is 11.6 Å². The third-order valence-electron chi connectivity index (χ3n) is 4.12. The summed E-state index contributed by atoms with van der Waals surface area (Å²) in [6, 6.07) is 0. The van der Waals surface area contributed by atoms with Crippen LogP contribution in [-0.2, 0) is 9.59 Å². The van der Waals surface area contributed by atoms with Crippen molar-refractivity contribution < 1.29 is 81.3 Å². The van der Waals surface area contributed by atoms with Gasteiger partial charge in [-0.2, -0.15) is 61.5 Å². The molecule has 0 aliphatic rings. The molecule has 0 fully saturated rings. The van der Waals surface area contributed by atoms with E-state index in [1.165, 1.54) is 41.5 Å². The van der Waals surface area contributed by atoms with Crippen molar-refractivity contribution >= 4 is 38.9 Å². The third kappa shape index (κ3) is 9.75. The minimum atomic E-state index is -6.61. The van der Waals surface area contributed by atoms with Crippen LogP contribution < -0.4 is 10.2 Å². The largest absolute Gasteiger partial charge is 2.00 e. The molecule has 0 aromatic rings. The predicted octanol–water partition coefficient (Wildman–Crippen LogP) is 4.98. The van der Waals surface area contributed by atoms with Gasteiger partial charge in [-0.1, -0.05) is 41.5 Å². The Bertz CT molecular complexity index is 858. The SMILES string of the molecule is CC(C)(C)/C([O-])=C/C(=O)C(F)(F)C(F)(F)C(F)(F)F.CC(C)(C)/C([O-])=C/C(=O)C(F)(F)C(F)(F)C(F)(F)F.[Pb+2]. The summed E-state index contributed by atoms with van der Waals surface area (Å²) in [7, 11) is 0. The zero-order chi connectivity index (χ0) is 31.7. The Morgan fingerprint density at radius 3 is 0.795 bits per heavy atom. The van der Waals surface area contributed by atoms with Crippen molar-refractivity contribution in [2.24, 2.45) is 10.8 Å². The van der Waals surface area contributed by atoms with Crippen molar-refractivity contribution in [3.05, 3.63) is 23.7 Å². The molecule has 0 amide bonds. The quantitative estimate of drug-likeness (QED) is 0.165. The van der Waals surface area contributed by atoms with Gasteiger partial charge in [-0.25, -0.2) is 0 Å². The fraction of sp³-hybridized carbons (Fsp3) is 0.700. The second kappa shape index (κ2) is 12.5. The number of alkyl halides is 14. The minimum Gasteiger partial charge on any atom is -0.875 e. The standard InChI is InChI=1S/2C10H11F7O2.Pb/c2*1-7(2,3)5(18)4-6(19)8(11,12)9(13,14)10(15,16)17;/h2*4,18H,1-3H3;/q;;+2/p-2/b2*5-4-;. The summed E-state index contributed by atoms with van der Waals surface area (Å²) in [5, 5.41) is 22.3. The van der Waals surface area contributed by atoms with Crippen LogP contribution in [0.25, 0.3) is 0 Å². The number of hydrogen-bond acceptors (Lipinski definition) is 4. The topological polar surface area (TPSA) is 80.3 Å². The van der Waals surface area contributed by atoms with Gasteiger partial charge >= 0.3 is 63.3 Å². The van der Waals surface area contributed by atoms with E-state index in [1.807, 2.05) is 0 Å². The molecule has 0 bridgehead atoms. The van der Waals surface area contributed by atoms with Crippen molar-refractivity contribution in [3.8, 4) is 0 Å². The van der Waals surface area contributed by atoms with Crippen LogP contribution in [0.2, 0.25) is 0 Å². The molecule has 0 aromatic carbocycles. The fourth-order valence-electron chi connectivity index (χ4n) is 1.52. The van der Waals surface area contributed by atoms with Crippen molar-refractivity contribution in [2.75, 3.05) is 0 Å². The molecule has 0 unspecified atom stereocenters. The van der Waals surface area contributed by atoms with Crippen molar-refractivity contribution in [1.82, 2.24) is 0 Å². The van der Waals surface area contributed by atoms with Crippen LogP contribution in [0.3, 0.4) is 0 Å². The molecule has 0 N–H and O–H groups in total. The molecule has 0 atom stereocenters. The Kier molecular flexibility index (Phi) is 13.4. The van der Waals surface area contributed by atoms with E-state index in [1.54, 1.807) is 0 Å². The molecule has 2 radical (unpaired) electrons. The van der Waals surface area contributed by atoms with E-state index in [2.05, 4.69) is 0 Å². The first-order valence-electron chi connectivity index (χ1n) is 9.62. The number of allylic oxidation sites excluding steroid dienone is 4. The number of carbonyl (C=O) groups is 2. The Morgan fingerprint density at radius 1 is 0.487 bits per heavy atom. The Labute approximate surface area is 232 Å². The second-order valence-electron chi connectivity index (χ2n) is 9.54. The van der Waals surface area contributed by atoms with Crippen molar-refractivity contribution in [2.45, 2.75) is 77.6 Å². The summed E-state index contributed by atoms with van der Waals surface area (Å²) in [6.07, 6.45) is -14.1. The van der Waals surface area contributed by atoms with E-state index in [-0.39, 0.29) is 27.3 Å². The second-order valence-corrected chi connectivity index (χ2v) is 9.54. The number of carbonyl (C=O) groups excluding carboxylic acids is 2. The van der Waals surface area contributed by atoms with E-state index in [4.69, 9.17) is 0 Å². The van der Waals surface area contributed by atoms with Gasteiger partial charge in [0.25, 0.3) is 0 Å². The average molecular weight is 798 g/mol. The number of ketones is 2.